The van der Waals surface area contributed by atoms with Crippen LogP contribution in [0.2, 0.25) is 0 Å². The molecule has 0 fully saturated rings. The Labute approximate surface area is 64.0 Å². The molecule has 0 aliphatic heterocycles. The van der Waals surface area contributed by atoms with E-state index in [-0.39, 0.29) is 5.69 Å². The lowest BCUT2D eigenvalue weighted by Gasteiger charge is -2.10. The Hall–Kier alpha value is -1.19. The smallest absolute Gasteiger partial charge is 0.335 e. The molecule has 60 valence electrons. The maximum Gasteiger partial charge on any atom is 0.344 e. The molecule has 1 aromatic rings. The highest BCUT2D eigenvalue weighted by atomic mass is 16.1. The summed E-state index contributed by atoms with van der Waals surface area (Å²) in [6.07, 6.45) is 4.20. The quantitative estimate of drug-likeness (QED) is 0.506. The van der Waals surface area contributed by atoms with Gasteiger partial charge in [0, 0.05) is 5.69 Å². The first kappa shape index (κ1) is 6.52. The first-order valence-corrected chi connectivity index (χ1v) is 3.87. The molecule has 1 aromatic heterocycles. The summed E-state index contributed by atoms with van der Waals surface area (Å²) in [7, 11) is 0. The molecule has 0 amide bonds. The average molecular weight is 153 g/mol. The van der Waals surface area contributed by atoms with Crippen molar-refractivity contribution in [3.8, 4) is 0 Å². The van der Waals surface area contributed by atoms with Crippen molar-refractivity contribution in [1.82, 2.24) is 9.66 Å². The number of hydrogen-bond donors (Lipinski definition) is 2. The summed E-state index contributed by atoms with van der Waals surface area (Å²) in [5, 5.41) is 0. The number of nitrogens with two attached hydrogens (primary N) is 1. The van der Waals surface area contributed by atoms with Gasteiger partial charge in [-0.25, -0.2) is 9.47 Å². The van der Waals surface area contributed by atoms with Crippen LogP contribution in [-0.4, -0.2) is 9.66 Å². The molecule has 2 rings (SSSR count). The molecule has 11 heavy (non-hydrogen) atoms. The van der Waals surface area contributed by atoms with Gasteiger partial charge in [-0.05, 0) is 25.7 Å². The van der Waals surface area contributed by atoms with E-state index in [1.54, 1.807) is 0 Å². The Morgan fingerprint density at radius 2 is 2.09 bits per heavy atom. The van der Waals surface area contributed by atoms with Crippen LogP contribution in [0.15, 0.2) is 4.79 Å². The fourth-order valence-electron chi connectivity index (χ4n) is 1.60. The van der Waals surface area contributed by atoms with Gasteiger partial charge in [0.25, 0.3) is 0 Å². The third-order valence-corrected chi connectivity index (χ3v) is 2.21. The summed E-state index contributed by atoms with van der Waals surface area (Å²) in [4.78, 5) is 13.7. The minimum absolute atomic E-state index is 0.183. The van der Waals surface area contributed by atoms with Crippen LogP contribution >= 0.6 is 0 Å². The first-order chi connectivity index (χ1) is 5.29. The highest BCUT2D eigenvalue weighted by Gasteiger charge is 2.15. The van der Waals surface area contributed by atoms with Crippen LogP contribution in [0, 0.1) is 0 Å². The number of nitrogens with zero attached hydrogens (tertiary/aromatic N) is 1. The third kappa shape index (κ3) is 0.859. The molecule has 0 aromatic carbocycles. The molecule has 0 radical (unpaired) electrons. The predicted octanol–water partition coefficient (Wildman–Crippen LogP) is -0.231. The van der Waals surface area contributed by atoms with Crippen molar-refractivity contribution >= 4 is 0 Å². The number of aromatic nitrogens is 2. The zero-order valence-electron chi connectivity index (χ0n) is 6.26. The predicted molar refractivity (Wildman–Crippen MR) is 41.8 cm³/mol. The van der Waals surface area contributed by atoms with Crippen molar-refractivity contribution in [3.05, 3.63) is 21.9 Å². The number of nitrogens with one attached hydrogen (secondary N) is 1. The van der Waals surface area contributed by atoms with Crippen LogP contribution in [0.1, 0.15) is 24.2 Å². The van der Waals surface area contributed by atoms with E-state index in [2.05, 4.69) is 4.98 Å². The standard InChI is InChI=1S/C7H11N3O/c8-10-6-4-2-1-3-5(6)9-7(10)11/h1-4,8H2,(H,9,11). The lowest BCUT2D eigenvalue weighted by Crippen LogP contribution is -2.26. The lowest BCUT2D eigenvalue weighted by molar-refractivity contribution is 0.650. The van der Waals surface area contributed by atoms with Gasteiger partial charge < -0.3 is 10.8 Å². The number of H-pyrrole nitrogens is 1. The fourth-order valence-corrected chi connectivity index (χ4v) is 1.60. The molecule has 0 atom stereocenters. The molecule has 1 aliphatic carbocycles. The van der Waals surface area contributed by atoms with E-state index < -0.39 is 0 Å². The third-order valence-electron chi connectivity index (χ3n) is 2.21. The minimum Gasteiger partial charge on any atom is -0.335 e. The summed E-state index contributed by atoms with van der Waals surface area (Å²) >= 11 is 0. The van der Waals surface area contributed by atoms with Crippen molar-refractivity contribution in [1.29, 1.82) is 0 Å². The number of nitrogen functional groups attached to an aromatic ring is 1. The van der Waals surface area contributed by atoms with Crippen LogP contribution in [0.5, 0.6) is 0 Å². The molecule has 3 N–H and O–H groups in total. The molecular weight excluding hydrogens is 142 g/mol. The Morgan fingerprint density at radius 3 is 2.82 bits per heavy atom. The van der Waals surface area contributed by atoms with Crippen LogP contribution in [0.25, 0.3) is 0 Å². The summed E-state index contributed by atoms with van der Waals surface area (Å²) in [6, 6.07) is 0. The summed E-state index contributed by atoms with van der Waals surface area (Å²) in [5.41, 5.74) is 1.84. The van der Waals surface area contributed by atoms with Gasteiger partial charge in [-0.2, -0.15) is 0 Å². The van der Waals surface area contributed by atoms with Crippen molar-refractivity contribution in [2.45, 2.75) is 25.7 Å². The van der Waals surface area contributed by atoms with Crippen molar-refractivity contribution in [3.63, 3.8) is 0 Å². The molecule has 1 aliphatic rings. The van der Waals surface area contributed by atoms with Crippen molar-refractivity contribution < 1.29 is 0 Å². The van der Waals surface area contributed by atoms with Gasteiger partial charge in [-0.1, -0.05) is 0 Å². The largest absolute Gasteiger partial charge is 0.344 e. The molecule has 4 nitrogen and oxygen atoms in total. The Balaban J connectivity index is 2.59. The van der Waals surface area contributed by atoms with Gasteiger partial charge in [-0.15, -0.1) is 0 Å². The minimum atomic E-state index is -0.183. The topological polar surface area (TPSA) is 63.8 Å². The molecule has 0 saturated heterocycles. The Morgan fingerprint density at radius 1 is 1.36 bits per heavy atom. The van der Waals surface area contributed by atoms with Gasteiger partial charge in [-0.3, -0.25) is 0 Å². The number of aryl methyl sites for hydroxylation is 1. The van der Waals surface area contributed by atoms with Crippen LogP contribution in [0.3, 0.4) is 0 Å². The number of rotatable bonds is 0. The average Bonchev–Trinajstić information content (AvgIpc) is 2.30. The van der Waals surface area contributed by atoms with E-state index in [9.17, 15) is 4.79 Å². The van der Waals surface area contributed by atoms with E-state index in [0.717, 1.165) is 37.1 Å². The molecule has 0 unspecified atom stereocenters. The van der Waals surface area contributed by atoms with Gasteiger partial charge in [0.15, 0.2) is 0 Å². The van der Waals surface area contributed by atoms with Crippen molar-refractivity contribution in [2.24, 2.45) is 0 Å². The van der Waals surface area contributed by atoms with Crippen LogP contribution in [-0.2, 0) is 12.8 Å². The normalized spacial score (nSPS) is 16.4. The molecular formula is C7H11N3O. The van der Waals surface area contributed by atoms with E-state index in [4.69, 9.17) is 5.84 Å². The highest BCUT2D eigenvalue weighted by molar-refractivity contribution is 5.16. The van der Waals surface area contributed by atoms with Gasteiger partial charge >= 0.3 is 5.69 Å². The number of hydrogen-bond acceptors (Lipinski definition) is 2. The highest BCUT2D eigenvalue weighted by Crippen LogP contribution is 2.15. The van der Waals surface area contributed by atoms with Crippen LogP contribution < -0.4 is 11.5 Å². The second-order valence-corrected chi connectivity index (χ2v) is 2.93. The number of imidazole rings is 1. The zero-order valence-corrected chi connectivity index (χ0v) is 6.26. The summed E-state index contributed by atoms with van der Waals surface area (Å²) < 4.78 is 1.23. The Bertz CT molecular complexity index is 323. The van der Waals surface area contributed by atoms with Crippen molar-refractivity contribution in [2.75, 3.05) is 5.84 Å². The number of aromatic amines is 1. The fraction of sp³-hybridized carbons (Fsp3) is 0.571. The molecule has 0 saturated carbocycles. The monoisotopic (exact) mass is 153 g/mol. The summed E-state index contributed by atoms with van der Waals surface area (Å²) in [5.74, 6) is 5.50. The lowest BCUT2D eigenvalue weighted by atomic mass is 10.0. The molecule has 1 heterocycles. The van der Waals surface area contributed by atoms with Gasteiger partial charge in [0.2, 0.25) is 0 Å². The van der Waals surface area contributed by atoms with E-state index >= 15 is 0 Å². The summed E-state index contributed by atoms with van der Waals surface area (Å²) in [6.45, 7) is 0. The Kier molecular flexibility index (Phi) is 1.27. The molecule has 0 spiro atoms. The molecule has 4 heteroatoms. The van der Waals surface area contributed by atoms with Gasteiger partial charge in [0.05, 0.1) is 5.69 Å². The first-order valence-electron chi connectivity index (χ1n) is 3.87. The maximum atomic E-state index is 11.0. The number of fused-ring (bicyclic) bond motifs is 1. The van der Waals surface area contributed by atoms with E-state index in [1.807, 2.05) is 0 Å². The zero-order chi connectivity index (χ0) is 7.84. The van der Waals surface area contributed by atoms with Gasteiger partial charge in [0.1, 0.15) is 0 Å². The SMILES string of the molecule is Nn1c2c([nH]c1=O)CCCC2. The van der Waals surface area contributed by atoms with E-state index in [1.165, 1.54) is 4.68 Å². The molecule has 0 bridgehead atoms. The van der Waals surface area contributed by atoms with Crippen LogP contribution in [0.4, 0.5) is 0 Å². The second-order valence-electron chi connectivity index (χ2n) is 2.93. The maximum absolute atomic E-state index is 11.0. The second kappa shape index (κ2) is 2.15. The van der Waals surface area contributed by atoms with E-state index in [0.29, 0.717) is 0 Å².